The summed E-state index contributed by atoms with van der Waals surface area (Å²) in [7, 11) is 1.71. The second kappa shape index (κ2) is 7.95. The number of fused-ring (bicyclic) bond motifs is 1. The lowest BCUT2D eigenvalue weighted by atomic mass is 9.49. The van der Waals surface area contributed by atoms with E-state index in [-0.39, 0.29) is 17.1 Å². The van der Waals surface area contributed by atoms with Gasteiger partial charge < -0.3 is 19.5 Å². The minimum Gasteiger partial charge on any atom is -0.493 e. The molecule has 1 N–H and O–H groups in total. The number of benzene rings is 2. The third kappa shape index (κ3) is 3.09. The number of nitrogens with one attached hydrogen (secondary N) is 1. The first-order valence-corrected chi connectivity index (χ1v) is 11.4. The molecule has 0 amide bonds. The van der Waals surface area contributed by atoms with Crippen molar-refractivity contribution < 1.29 is 19.0 Å². The quantitative estimate of drug-likeness (QED) is 0.765. The average molecular weight is 422 g/mol. The number of carbonyl (C=O) groups excluding carboxylic acids is 1. The summed E-state index contributed by atoms with van der Waals surface area (Å²) in [6.45, 7) is 4.05. The minimum atomic E-state index is -0.383. The predicted molar refractivity (Wildman–Crippen MR) is 119 cm³/mol. The van der Waals surface area contributed by atoms with Crippen molar-refractivity contribution in [3.8, 4) is 11.5 Å². The maximum Gasteiger partial charge on any atom is 0.164 e. The summed E-state index contributed by atoms with van der Waals surface area (Å²) in [5, 5.41) is 3.72. The molecular weight excluding hydrogens is 390 g/mol. The molecule has 164 valence electrons. The van der Waals surface area contributed by atoms with Crippen molar-refractivity contribution in [2.75, 3.05) is 20.3 Å². The largest absolute Gasteiger partial charge is 0.493 e. The summed E-state index contributed by atoms with van der Waals surface area (Å²) >= 11 is 0. The van der Waals surface area contributed by atoms with E-state index >= 15 is 0 Å². The zero-order chi connectivity index (χ0) is 21.5. The van der Waals surface area contributed by atoms with E-state index in [9.17, 15) is 4.79 Å². The Labute approximate surface area is 184 Å². The normalized spacial score (nSPS) is 29.1. The molecule has 1 heterocycles. The molecule has 2 bridgehead atoms. The first kappa shape index (κ1) is 20.5. The van der Waals surface area contributed by atoms with Gasteiger partial charge in [-0.15, -0.1) is 0 Å². The average Bonchev–Trinajstić information content (AvgIpc) is 2.78. The van der Waals surface area contributed by atoms with Crippen molar-refractivity contribution >= 4 is 5.78 Å². The Hall–Kier alpha value is -2.37. The van der Waals surface area contributed by atoms with Crippen LogP contribution in [0.1, 0.15) is 49.3 Å². The summed E-state index contributed by atoms with van der Waals surface area (Å²) in [6.07, 6.45) is 3.59. The van der Waals surface area contributed by atoms with Gasteiger partial charge in [-0.3, -0.25) is 4.79 Å². The van der Waals surface area contributed by atoms with Crippen molar-refractivity contribution in [1.29, 1.82) is 0 Å². The minimum absolute atomic E-state index is 0.211. The van der Waals surface area contributed by atoms with Crippen LogP contribution in [-0.2, 0) is 28.0 Å². The first-order valence-electron chi connectivity index (χ1n) is 11.4. The number of rotatable bonds is 6. The molecule has 2 aromatic rings. The molecular formula is C26H31NO4. The van der Waals surface area contributed by atoms with E-state index in [1.54, 1.807) is 7.11 Å². The maximum absolute atomic E-state index is 12.8. The van der Waals surface area contributed by atoms with Gasteiger partial charge in [-0.25, -0.2) is 0 Å². The topological polar surface area (TPSA) is 56.8 Å². The first-order chi connectivity index (χ1) is 15.1. The third-order valence-electron chi connectivity index (χ3n) is 7.54. The number of piperidine rings is 1. The molecule has 31 heavy (non-hydrogen) atoms. The van der Waals surface area contributed by atoms with Crippen LogP contribution in [0.3, 0.4) is 0 Å². The molecule has 5 rings (SSSR count). The third-order valence-corrected chi connectivity index (χ3v) is 7.54. The molecule has 2 aromatic carbocycles. The number of carbonyl (C=O) groups is 1. The summed E-state index contributed by atoms with van der Waals surface area (Å²) in [4.78, 5) is 12.8. The Balaban J connectivity index is 1.63. The Morgan fingerprint density at radius 2 is 1.97 bits per heavy atom. The highest BCUT2D eigenvalue weighted by Crippen LogP contribution is 2.60. The van der Waals surface area contributed by atoms with E-state index in [4.69, 9.17) is 14.2 Å². The van der Waals surface area contributed by atoms with Crippen molar-refractivity contribution in [3.05, 3.63) is 59.2 Å². The zero-order valence-corrected chi connectivity index (χ0v) is 18.4. The molecule has 2 fully saturated rings. The van der Waals surface area contributed by atoms with Gasteiger partial charge in [-0.1, -0.05) is 36.4 Å². The van der Waals surface area contributed by atoms with Crippen LogP contribution in [0.15, 0.2) is 42.5 Å². The van der Waals surface area contributed by atoms with Crippen LogP contribution >= 0.6 is 0 Å². The molecule has 3 aliphatic rings. The van der Waals surface area contributed by atoms with Gasteiger partial charge in [0.05, 0.1) is 12.7 Å². The van der Waals surface area contributed by atoms with Crippen LogP contribution in [0.25, 0.3) is 0 Å². The molecule has 1 aliphatic heterocycles. The Morgan fingerprint density at radius 1 is 1.13 bits per heavy atom. The number of hydrogen-bond acceptors (Lipinski definition) is 5. The number of ether oxygens (including phenoxy) is 3. The number of hydrogen-bond donors (Lipinski definition) is 1. The van der Waals surface area contributed by atoms with E-state index < -0.39 is 0 Å². The van der Waals surface area contributed by atoms with Gasteiger partial charge in [-0.2, -0.15) is 0 Å². The highest BCUT2D eigenvalue weighted by atomic mass is 16.5. The fourth-order valence-corrected chi connectivity index (χ4v) is 6.37. The lowest BCUT2D eigenvalue weighted by molar-refractivity contribution is -0.171. The molecule has 1 saturated heterocycles. The van der Waals surface area contributed by atoms with Gasteiger partial charge in [0.15, 0.2) is 11.5 Å². The van der Waals surface area contributed by atoms with Gasteiger partial charge in [0, 0.05) is 36.5 Å². The fourth-order valence-electron chi connectivity index (χ4n) is 6.37. The van der Waals surface area contributed by atoms with Gasteiger partial charge in [0.25, 0.3) is 0 Å². The van der Waals surface area contributed by atoms with E-state index in [0.29, 0.717) is 31.8 Å². The van der Waals surface area contributed by atoms with Gasteiger partial charge in [0.1, 0.15) is 12.4 Å². The number of ketones is 1. The van der Waals surface area contributed by atoms with Crippen molar-refractivity contribution in [1.82, 2.24) is 5.32 Å². The molecule has 0 unspecified atom stereocenters. The molecule has 5 heteroatoms. The monoisotopic (exact) mass is 421 g/mol. The molecule has 5 nitrogen and oxygen atoms in total. The Bertz CT molecular complexity index is 975. The predicted octanol–water partition coefficient (Wildman–Crippen LogP) is 3.96. The van der Waals surface area contributed by atoms with Crippen LogP contribution in [0.2, 0.25) is 0 Å². The Morgan fingerprint density at radius 3 is 2.74 bits per heavy atom. The number of methoxy groups -OCH3 is 1. The van der Waals surface area contributed by atoms with Crippen molar-refractivity contribution in [2.24, 2.45) is 0 Å². The van der Waals surface area contributed by atoms with Crippen LogP contribution < -0.4 is 14.8 Å². The highest BCUT2D eigenvalue weighted by molar-refractivity contribution is 5.83. The van der Waals surface area contributed by atoms with E-state index in [1.165, 1.54) is 5.56 Å². The molecule has 3 atom stereocenters. The molecule has 0 aromatic heterocycles. The summed E-state index contributed by atoms with van der Waals surface area (Å²) in [6, 6.07) is 14.5. The zero-order valence-electron chi connectivity index (χ0n) is 18.4. The van der Waals surface area contributed by atoms with Crippen LogP contribution in [0.5, 0.6) is 11.5 Å². The van der Waals surface area contributed by atoms with Crippen LogP contribution in [0, 0.1) is 0 Å². The maximum atomic E-state index is 12.8. The molecule has 2 aliphatic carbocycles. The SMILES string of the molecule is CCO[C@@]12CCC(=O)C[C@@]13CCN[C@@H]2Cc1ccc(OCc2ccccc2)c(OC)c13. The van der Waals surface area contributed by atoms with E-state index in [0.717, 1.165) is 48.4 Å². The fraction of sp³-hybridized carbons (Fsp3) is 0.500. The summed E-state index contributed by atoms with van der Waals surface area (Å²) in [5.41, 5.74) is 2.73. The molecule has 0 spiro atoms. The Kier molecular flexibility index (Phi) is 5.27. The second-order valence-electron chi connectivity index (χ2n) is 8.99. The second-order valence-corrected chi connectivity index (χ2v) is 8.99. The van der Waals surface area contributed by atoms with Gasteiger partial charge in [-0.05, 0) is 49.9 Å². The lowest BCUT2D eigenvalue weighted by Gasteiger charge is -2.62. The smallest absolute Gasteiger partial charge is 0.164 e. The molecule has 0 radical (unpaired) electrons. The highest BCUT2D eigenvalue weighted by Gasteiger charge is 2.65. The summed E-state index contributed by atoms with van der Waals surface area (Å²) in [5.74, 6) is 1.83. The van der Waals surface area contributed by atoms with E-state index in [2.05, 4.69) is 30.4 Å². The van der Waals surface area contributed by atoms with Crippen LogP contribution in [0.4, 0.5) is 0 Å². The lowest BCUT2D eigenvalue weighted by Crippen LogP contribution is -2.73. The van der Waals surface area contributed by atoms with E-state index in [1.807, 2.05) is 24.3 Å². The van der Waals surface area contributed by atoms with Crippen molar-refractivity contribution in [3.63, 3.8) is 0 Å². The summed E-state index contributed by atoms with van der Waals surface area (Å²) < 4.78 is 18.9. The molecule has 1 saturated carbocycles. The number of Topliss-reactive ketones (excluding diaryl/α,β-unsaturated/α-hetero) is 1. The van der Waals surface area contributed by atoms with Crippen LogP contribution in [-0.4, -0.2) is 37.7 Å². The van der Waals surface area contributed by atoms with Gasteiger partial charge in [0.2, 0.25) is 0 Å². The standard InChI is InChI=1S/C26H31NO4/c1-3-31-26-12-11-20(28)16-25(26)13-14-27-22(26)15-19-9-10-21(24(29-2)23(19)25)30-17-18-7-5-4-6-8-18/h4-10,22,27H,3,11-17H2,1-2H3/t22-,25-,26-/m1/s1. The van der Waals surface area contributed by atoms with Crippen molar-refractivity contribution in [2.45, 2.75) is 62.7 Å². The van der Waals surface area contributed by atoms with Gasteiger partial charge >= 0.3 is 0 Å².